The van der Waals surface area contributed by atoms with Crippen LogP contribution < -0.4 is 37.7 Å². The number of carboxylic acids is 2. The monoisotopic (exact) mass is 653 g/mol. The van der Waals surface area contributed by atoms with Crippen LogP contribution in [0.3, 0.4) is 0 Å². The van der Waals surface area contributed by atoms with Crippen molar-refractivity contribution in [1.29, 1.82) is 0 Å². The molecule has 2 N–H and O–H groups in total. The molecule has 0 spiro atoms. The van der Waals surface area contributed by atoms with Crippen LogP contribution in [0.1, 0.15) is 20.7 Å². The minimum atomic E-state index is -0.939. The van der Waals surface area contributed by atoms with E-state index in [0.717, 1.165) is 27.9 Å². The smallest absolute Gasteiger partial charge is 0.335 e. The average molecular weight is 653 g/mol. The summed E-state index contributed by atoms with van der Waals surface area (Å²) in [4.78, 5) is 25.9. The summed E-state index contributed by atoms with van der Waals surface area (Å²) < 4.78 is 0. The van der Waals surface area contributed by atoms with Gasteiger partial charge < -0.3 is 15.1 Å². The summed E-state index contributed by atoms with van der Waals surface area (Å²) in [5.74, 6) is -1.88. The molecule has 0 saturated carbocycles. The standard InChI is InChI=1S/C44H25B2NO4/c48-43(49)26-16-12-24(13-17-26)28-20-33-31-7-2-4-10-35(31)46-37-22-29(25-14-18-27(19-15-25)44(50)51)21-36-42(37)47(39(23-28)41(33)46)38-11-5-8-32-30-6-1-3-9-34(30)45(36)40(32)38/h1-23H,(H,48,49)(H,50,51). The van der Waals surface area contributed by atoms with Gasteiger partial charge in [0, 0.05) is 17.1 Å². The van der Waals surface area contributed by atoms with Crippen molar-refractivity contribution in [2.45, 2.75) is 0 Å². The van der Waals surface area contributed by atoms with Crippen LogP contribution >= 0.6 is 0 Å². The fourth-order valence-electron chi connectivity index (χ4n) is 9.27. The van der Waals surface area contributed by atoms with Crippen molar-refractivity contribution in [1.82, 2.24) is 0 Å². The Hall–Kier alpha value is -6.59. The highest BCUT2D eigenvalue weighted by Crippen LogP contribution is 2.46. The number of rotatable bonds is 4. The number of hydrogen-bond donors (Lipinski definition) is 2. The second-order valence-corrected chi connectivity index (χ2v) is 13.8. The van der Waals surface area contributed by atoms with E-state index in [0.29, 0.717) is 0 Å². The molecule has 11 rings (SSSR count). The zero-order chi connectivity index (χ0) is 34.1. The third kappa shape index (κ3) is 3.72. The van der Waals surface area contributed by atoms with Crippen LogP contribution in [0.15, 0.2) is 140 Å². The zero-order valence-corrected chi connectivity index (χ0v) is 27.1. The molecule has 0 radical (unpaired) electrons. The van der Waals surface area contributed by atoms with E-state index in [1.54, 1.807) is 24.3 Å². The van der Waals surface area contributed by atoms with Gasteiger partial charge in [0.05, 0.1) is 11.1 Å². The Balaban J connectivity index is 1.24. The van der Waals surface area contributed by atoms with Crippen LogP contribution in [0.25, 0.3) is 44.5 Å². The number of anilines is 3. The van der Waals surface area contributed by atoms with Gasteiger partial charge in [0.15, 0.2) is 0 Å². The second-order valence-electron chi connectivity index (χ2n) is 13.8. The van der Waals surface area contributed by atoms with E-state index in [2.05, 4.69) is 95.9 Å². The van der Waals surface area contributed by atoms with Crippen molar-refractivity contribution in [3.63, 3.8) is 0 Å². The van der Waals surface area contributed by atoms with E-state index in [1.165, 1.54) is 66.4 Å². The molecule has 4 aliphatic heterocycles. The fourth-order valence-corrected chi connectivity index (χ4v) is 9.27. The fraction of sp³-hybridized carbons (Fsp3) is 0. The zero-order valence-electron chi connectivity index (χ0n) is 27.1. The molecule has 51 heavy (non-hydrogen) atoms. The predicted octanol–water partition coefficient (Wildman–Crippen LogP) is 5.51. The Bertz CT molecular complexity index is 2700. The lowest BCUT2D eigenvalue weighted by atomic mass is 9.32. The number of aromatic carboxylic acids is 2. The molecule has 7 heteroatoms. The molecule has 0 bridgehead atoms. The molecule has 236 valence electrons. The summed E-state index contributed by atoms with van der Waals surface area (Å²) in [6, 6.07) is 47.7. The average Bonchev–Trinajstić information content (AvgIpc) is 3.69. The van der Waals surface area contributed by atoms with Gasteiger partial charge in [-0.1, -0.05) is 108 Å². The maximum Gasteiger partial charge on any atom is 0.335 e. The maximum atomic E-state index is 11.8. The molecule has 0 amide bonds. The molecule has 0 aliphatic carbocycles. The van der Waals surface area contributed by atoms with Crippen molar-refractivity contribution < 1.29 is 19.8 Å². The Kier molecular flexibility index (Phi) is 5.54. The minimum absolute atomic E-state index is 0.000686. The lowest BCUT2D eigenvalue weighted by molar-refractivity contribution is 0.0686. The van der Waals surface area contributed by atoms with Gasteiger partial charge in [-0.25, -0.2) is 9.59 Å². The van der Waals surface area contributed by atoms with Gasteiger partial charge in [-0.05, 0) is 109 Å². The third-order valence-corrected chi connectivity index (χ3v) is 11.4. The third-order valence-electron chi connectivity index (χ3n) is 11.4. The first kappa shape index (κ1) is 28.3. The van der Waals surface area contributed by atoms with E-state index < -0.39 is 11.9 Å². The second kappa shape index (κ2) is 9.99. The molecule has 5 nitrogen and oxygen atoms in total. The van der Waals surface area contributed by atoms with Crippen molar-refractivity contribution in [2.75, 3.05) is 4.90 Å². The number of fused-ring (bicyclic) bond motifs is 10. The van der Waals surface area contributed by atoms with E-state index in [-0.39, 0.29) is 24.6 Å². The van der Waals surface area contributed by atoms with Gasteiger partial charge in [0.2, 0.25) is 13.4 Å². The molecular formula is C44H25B2NO4. The molecule has 7 aromatic rings. The molecular weight excluding hydrogens is 628 g/mol. The normalized spacial score (nSPS) is 13.3. The SMILES string of the molecule is O=C(O)c1ccc(-c2cc3c4c(c2)B2c5ccccc5-c5cc(-c6ccc(C(=O)O)cc6)cc(c52)N4c2cccc4c2B3c2ccccc2-4)cc1. The summed E-state index contributed by atoms with van der Waals surface area (Å²) in [5.41, 5.74) is 20.6. The largest absolute Gasteiger partial charge is 0.478 e. The van der Waals surface area contributed by atoms with Gasteiger partial charge in [-0.15, -0.1) is 0 Å². The van der Waals surface area contributed by atoms with Gasteiger partial charge in [-0.2, -0.15) is 0 Å². The van der Waals surface area contributed by atoms with Crippen LogP contribution in [-0.4, -0.2) is 35.6 Å². The molecule has 0 atom stereocenters. The van der Waals surface area contributed by atoms with Gasteiger partial charge in [0.25, 0.3) is 0 Å². The van der Waals surface area contributed by atoms with Gasteiger partial charge in [-0.3, -0.25) is 0 Å². The van der Waals surface area contributed by atoms with E-state index in [4.69, 9.17) is 0 Å². The van der Waals surface area contributed by atoms with Crippen LogP contribution in [0.4, 0.5) is 17.1 Å². The topological polar surface area (TPSA) is 77.8 Å². The van der Waals surface area contributed by atoms with Crippen LogP contribution in [-0.2, 0) is 0 Å². The highest BCUT2D eigenvalue weighted by molar-refractivity contribution is 7.05. The first-order valence-corrected chi connectivity index (χ1v) is 17.1. The molecule has 4 heterocycles. The first-order valence-electron chi connectivity index (χ1n) is 17.1. The van der Waals surface area contributed by atoms with Crippen LogP contribution in [0.5, 0.6) is 0 Å². The quantitative estimate of drug-likeness (QED) is 0.245. The minimum Gasteiger partial charge on any atom is -0.478 e. The lowest BCUT2D eigenvalue weighted by Crippen LogP contribution is -2.63. The molecule has 0 fully saturated rings. The van der Waals surface area contributed by atoms with Crippen LogP contribution in [0.2, 0.25) is 0 Å². The van der Waals surface area contributed by atoms with E-state index in [1.807, 2.05) is 24.3 Å². The molecule has 0 unspecified atom stereocenters. The number of hydrogen-bond acceptors (Lipinski definition) is 3. The summed E-state index contributed by atoms with van der Waals surface area (Å²) >= 11 is 0. The molecule has 0 aromatic heterocycles. The predicted molar refractivity (Wildman–Crippen MR) is 206 cm³/mol. The van der Waals surface area contributed by atoms with E-state index >= 15 is 0 Å². The van der Waals surface area contributed by atoms with Crippen molar-refractivity contribution in [3.05, 3.63) is 151 Å². The summed E-state index contributed by atoms with van der Waals surface area (Å²) in [5, 5.41) is 19.2. The Morgan fingerprint density at radius 1 is 0.431 bits per heavy atom. The van der Waals surface area contributed by atoms with E-state index in [9.17, 15) is 19.8 Å². The number of carbonyl (C=O) groups is 2. The van der Waals surface area contributed by atoms with Gasteiger partial charge >= 0.3 is 11.9 Å². The Labute approximate surface area is 294 Å². The summed E-state index contributed by atoms with van der Waals surface area (Å²) in [7, 11) is 0. The first-order chi connectivity index (χ1) is 25.0. The Morgan fingerprint density at radius 3 is 1.49 bits per heavy atom. The molecule has 7 aromatic carbocycles. The van der Waals surface area contributed by atoms with Crippen molar-refractivity contribution >= 4 is 75.2 Å². The maximum absolute atomic E-state index is 11.8. The molecule has 4 aliphatic rings. The van der Waals surface area contributed by atoms with Crippen LogP contribution in [0, 0.1) is 0 Å². The van der Waals surface area contributed by atoms with Crippen molar-refractivity contribution in [3.8, 4) is 44.5 Å². The highest BCUT2D eigenvalue weighted by atomic mass is 16.4. The number of nitrogens with zero attached hydrogens (tertiary/aromatic N) is 1. The number of carboxylic acid groups (broad SMARTS) is 2. The summed E-state index contributed by atoms with van der Waals surface area (Å²) in [6.45, 7) is 0.0410. The Morgan fingerprint density at radius 2 is 0.922 bits per heavy atom. The van der Waals surface area contributed by atoms with Crippen molar-refractivity contribution in [2.24, 2.45) is 0 Å². The summed E-state index contributed by atoms with van der Waals surface area (Å²) in [6.07, 6.45) is 0. The number of benzene rings is 7. The lowest BCUT2D eigenvalue weighted by Gasteiger charge is -2.43. The van der Waals surface area contributed by atoms with Gasteiger partial charge in [0.1, 0.15) is 0 Å². The molecule has 0 saturated heterocycles. The highest BCUT2D eigenvalue weighted by Gasteiger charge is 2.49.